The number of nitrogens with one attached hydrogen (secondary N) is 2. The van der Waals surface area contributed by atoms with Crippen molar-refractivity contribution in [1.82, 2.24) is 20.6 Å². The number of fused-ring (bicyclic) bond motifs is 2. The summed E-state index contributed by atoms with van der Waals surface area (Å²) in [4.78, 5) is 36.2. The van der Waals surface area contributed by atoms with Crippen molar-refractivity contribution >= 4 is 11.8 Å². The van der Waals surface area contributed by atoms with E-state index in [0.717, 1.165) is 24.9 Å². The fraction of sp³-hybridized carbons (Fsp3) is 0.659. The minimum absolute atomic E-state index is 0.0106. The van der Waals surface area contributed by atoms with Gasteiger partial charge in [-0.2, -0.15) is 5.06 Å². The maximum absolute atomic E-state index is 14.2. The number of rotatable bonds is 15. The molecular formula is C41H62N4O7. The van der Waals surface area contributed by atoms with Gasteiger partial charge in [-0.3, -0.25) is 14.4 Å². The lowest BCUT2D eigenvalue weighted by Gasteiger charge is -2.62. The highest BCUT2D eigenvalue weighted by Gasteiger charge is 2.57. The van der Waals surface area contributed by atoms with Crippen molar-refractivity contribution in [2.24, 2.45) is 35.0 Å². The quantitative estimate of drug-likeness (QED) is 0.206. The number of amides is 2. The van der Waals surface area contributed by atoms with Gasteiger partial charge in [-0.1, -0.05) is 52.8 Å². The number of ether oxygens (including phenoxy) is 2. The van der Waals surface area contributed by atoms with E-state index in [1.165, 1.54) is 6.42 Å². The van der Waals surface area contributed by atoms with Crippen molar-refractivity contribution in [3.05, 3.63) is 47.5 Å². The average molecular weight is 723 g/mol. The highest BCUT2D eigenvalue weighted by atomic mass is 16.7. The number of hydroxylamine groups is 2. The fourth-order valence-corrected chi connectivity index (χ4v) is 9.33. The predicted octanol–water partition coefficient (Wildman–Crippen LogP) is 4.74. The van der Waals surface area contributed by atoms with Crippen LogP contribution in [0.2, 0.25) is 0 Å². The van der Waals surface area contributed by atoms with Crippen LogP contribution < -0.4 is 20.1 Å². The number of carbonyl (C=O) groups is 2. The molecule has 4 aliphatic rings. The molecule has 0 spiro atoms. The second-order valence-corrected chi connectivity index (χ2v) is 16.7. The highest BCUT2D eigenvalue weighted by Crippen LogP contribution is 2.61. The fourth-order valence-electron chi connectivity index (χ4n) is 9.33. The van der Waals surface area contributed by atoms with Crippen LogP contribution >= 0.6 is 0 Å². The van der Waals surface area contributed by atoms with E-state index in [2.05, 4.69) is 50.2 Å². The van der Waals surface area contributed by atoms with Crippen molar-refractivity contribution in [3.63, 3.8) is 0 Å². The second-order valence-electron chi connectivity index (χ2n) is 16.7. The molecule has 2 amide bonds. The number of methoxy groups -OCH3 is 2. The van der Waals surface area contributed by atoms with E-state index in [9.17, 15) is 19.8 Å². The number of hydrogen-bond donors (Lipinski definition) is 4. The molecule has 288 valence electrons. The zero-order valence-corrected chi connectivity index (χ0v) is 32.8. The largest absolute Gasteiger partial charge is 0.496 e. The molecule has 0 unspecified atom stereocenters. The summed E-state index contributed by atoms with van der Waals surface area (Å²) in [5.41, 5.74) is 2.90. The Morgan fingerprint density at radius 2 is 1.81 bits per heavy atom. The molecule has 11 heteroatoms. The molecule has 3 aliphatic carbocycles. The number of para-hydroxylation sites is 1. The van der Waals surface area contributed by atoms with Gasteiger partial charge in [0.1, 0.15) is 23.6 Å². The lowest BCUT2D eigenvalue weighted by Crippen LogP contribution is -2.62. The molecule has 2 aromatic carbocycles. The molecule has 4 N–H and O–H groups in total. The SMILES string of the molecule is COc1ccc(C(=O)N[C@@H](CC(C)C)CN(C)C)cc1-c1cccc(CN2O[C@@H](CO)[C@H]([C@H](C)O)[C@H]2C(=O)N[C@H]2C[C@H]3C[C@@H]([C@@H]2C)C3(C)C)c1OC. The van der Waals surface area contributed by atoms with Gasteiger partial charge in [-0.05, 0) is 87.6 Å². The Hall–Kier alpha value is -3.22. The molecule has 52 heavy (non-hydrogen) atoms. The molecular weight excluding hydrogens is 660 g/mol. The minimum Gasteiger partial charge on any atom is -0.496 e. The molecule has 0 radical (unpaired) electrons. The summed E-state index contributed by atoms with van der Waals surface area (Å²) in [6, 6.07) is 10.3. The van der Waals surface area contributed by atoms with Crippen LogP contribution in [0, 0.1) is 35.0 Å². The summed E-state index contributed by atoms with van der Waals surface area (Å²) >= 11 is 0. The molecule has 0 aromatic heterocycles. The van der Waals surface area contributed by atoms with Gasteiger partial charge in [0.25, 0.3) is 5.91 Å². The van der Waals surface area contributed by atoms with Gasteiger partial charge >= 0.3 is 0 Å². The third-order valence-corrected chi connectivity index (χ3v) is 12.1. The van der Waals surface area contributed by atoms with E-state index >= 15 is 0 Å². The molecule has 2 bridgehead atoms. The van der Waals surface area contributed by atoms with Gasteiger partial charge in [0.05, 0.1) is 33.5 Å². The zero-order valence-electron chi connectivity index (χ0n) is 32.8. The normalized spacial score (nSPS) is 27.9. The number of benzene rings is 2. The molecule has 3 saturated carbocycles. The van der Waals surface area contributed by atoms with E-state index in [1.54, 1.807) is 38.3 Å². The van der Waals surface area contributed by atoms with Crippen LogP contribution in [-0.2, 0) is 16.2 Å². The van der Waals surface area contributed by atoms with Crippen LogP contribution in [0.4, 0.5) is 0 Å². The lowest BCUT2D eigenvalue weighted by atomic mass is 9.45. The first-order valence-corrected chi connectivity index (χ1v) is 18.9. The van der Waals surface area contributed by atoms with Crippen LogP contribution in [0.3, 0.4) is 0 Å². The van der Waals surface area contributed by atoms with Crippen LogP contribution in [0.5, 0.6) is 11.5 Å². The van der Waals surface area contributed by atoms with Gasteiger partial charge in [0, 0.05) is 46.8 Å². The smallest absolute Gasteiger partial charge is 0.251 e. The molecule has 2 aromatic rings. The summed E-state index contributed by atoms with van der Waals surface area (Å²) in [5.74, 6) is 1.96. The van der Waals surface area contributed by atoms with Crippen molar-refractivity contribution in [2.45, 2.75) is 97.7 Å². The second kappa shape index (κ2) is 16.4. The van der Waals surface area contributed by atoms with Gasteiger partial charge in [0.15, 0.2) is 0 Å². The molecule has 1 heterocycles. The van der Waals surface area contributed by atoms with Crippen molar-refractivity contribution in [3.8, 4) is 22.6 Å². The number of hydrogen-bond acceptors (Lipinski definition) is 9. The van der Waals surface area contributed by atoms with E-state index in [1.807, 2.05) is 38.4 Å². The minimum atomic E-state index is -0.904. The highest BCUT2D eigenvalue weighted by molar-refractivity contribution is 5.96. The van der Waals surface area contributed by atoms with E-state index in [4.69, 9.17) is 14.3 Å². The maximum atomic E-state index is 14.2. The first-order valence-electron chi connectivity index (χ1n) is 18.9. The predicted molar refractivity (Wildman–Crippen MR) is 202 cm³/mol. The topological polar surface area (TPSA) is 133 Å². The standard InChI is InChI=1S/C41H62N4O7/c1-23(2)16-29(21-44(7)8)42-39(48)26-14-15-34(50-9)31(17-26)30-13-11-12-27(38(30)51-10)20-45-37(36(25(4)47)35(22-46)52-45)40(49)43-33-19-28-18-32(24(33)3)41(28,5)6/h11-15,17,23-25,28-29,32-33,35-37,46-47H,16,18-22H2,1-10H3,(H,42,48)(H,43,49)/t24-,25-,28+,29-,32-,33-,35-,36-,37-/m0/s1. The Kier molecular flexibility index (Phi) is 12.6. The van der Waals surface area contributed by atoms with E-state index in [-0.39, 0.29) is 42.5 Å². The van der Waals surface area contributed by atoms with Crippen molar-refractivity contribution < 1.29 is 34.1 Å². The number of carbonyl (C=O) groups excluding carboxylic acids is 2. The van der Waals surface area contributed by atoms with E-state index < -0.39 is 24.2 Å². The molecule has 11 nitrogen and oxygen atoms in total. The third kappa shape index (κ3) is 8.14. The lowest BCUT2D eigenvalue weighted by molar-refractivity contribution is -0.183. The summed E-state index contributed by atoms with van der Waals surface area (Å²) in [7, 11) is 7.18. The number of likely N-dealkylation sites (N-methyl/N-ethyl adjacent to an activating group) is 1. The van der Waals surface area contributed by atoms with Crippen LogP contribution in [0.1, 0.15) is 76.7 Å². The molecule has 1 saturated heterocycles. The van der Waals surface area contributed by atoms with Gasteiger partial charge in [-0.25, -0.2) is 0 Å². The van der Waals surface area contributed by atoms with E-state index in [0.29, 0.717) is 51.9 Å². The monoisotopic (exact) mass is 722 g/mol. The van der Waals surface area contributed by atoms with Gasteiger partial charge < -0.3 is 35.2 Å². The van der Waals surface area contributed by atoms with Crippen molar-refractivity contribution in [1.29, 1.82) is 0 Å². The van der Waals surface area contributed by atoms with Crippen molar-refractivity contribution in [2.75, 3.05) is 41.5 Å². The van der Waals surface area contributed by atoms with Crippen LogP contribution in [-0.4, -0.2) is 104 Å². The first kappa shape index (κ1) is 40.0. The number of aliphatic hydroxyl groups excluding tert-OH is 2. The average Bonchev–Trinajstić information content (AvgIpc) is 3.46. The molecule has 6 rings (SSSR count). The Morgan fingerprint density at radius 1 is 1.08 bits per heavy atom. The third-order valence-electron chi connectivity index (χ3n) is 12.1. The zero-order chi connectivity index (χ0) is 38.1. The molecule has 4 fully saturated rings. The summed E-state index contributed by atoms with van der Waals surface area (Å²) in [5, 5.41) is 29.4. The Morgan fingerprint density at radius 3 is 2.38 bits per heavy atom. The Labute approximate surface area is 310 Å². The number of nitrogens with zero attached hydrogens (tertiary/aromatic N) is 2. The summed E-state index contributed by atoms with van der Waals surface area (Å²) in [6.45, 7) is 13.4. The molecule has 1 aliphatic heterocycles. The van der Waals surface area contributed by atoms with Gasteiger partial charge in [0.2, 0.25) is 5.91 Å². The maximum Gasteiger partial charge on any atom is 0.251 e. The van der Waals surface area contributed by atoms with Crippen LogP contribution in [0.15, 0.2) is 36.4 Å². The number of aliphatic hydroxyl groups is 2. The first-order chi connectivity index (χ1) is 24.6. The Balaban J connectivity index is 1.43. The Bertz CT molecular complexity index is 1550. The van der Waals surface area contributed by atoms with Gasteiger partial charge in [-0.15, -0.1) is 0 Å². The summed E-state index contributed by atoms with van der Waals surface area (Å²) < 4.78 is 11.8. The molecule has 9 atom stereocenters. The summed E-state index contributed by atoms with van der Waals surface area (Å²) in [6.07, 6.45) is 1.31. The van der Waals surface area contributed by atoms with Crippen LogP contribution in [0.25, 0.3) is 11.1 Å².